The van der Waals surface area contributed by atoms with Gasteiger partial charge in [0.15, 0.2) is 0 Å². The zero-order chi connectivity index (χ0) is 20.2. The van der Waals surface area contributed by atoms with E-state index < -0.39 is 11.5 Å². The highest BCUT2D eigenvalue weighted by Crippen LogP contribution is 2.26. The third-order valence-corrected chi connectivity index (χ3v) is 4.84. The molecule has 0 radical (unpaired) electrons. The monoisotopic (exact) mass is 376 g/mol. The molecule has 0 aliphatic carbocycles. The molecule has 2 aromatic rings. The molecule has 0 fully saturated rings. The van der Waals surface area contributed by atoms with Gasteiger partial charge in [0.1, 0.15) is 0 Å². The Hall–Kier alpha value is -2.38. The number of benzene rings is 1. The molecule has 0 saturated carbocycles. The van der Waals surface area contributed by atoms with Gasteiger partial charge < -0.3 is 24.5 Å². The highest BCUT2D eigenvalue weighted by atomic mass is 16.5. The van der Waals surface area contributed by atoms with Crippen molar-refractivity contribution in [3.63, 3.8) is 0 Å². The van der Waals surface area contributed by atoms with Crippen molar-refractivity contribution >= 4 is 22.8 Å². The van der Waals surface area contributed by atoms with E-state index in [1.165, 1.54) is 7.11 Å². The van der Waals surface area contributed by atoms with E-state index in [-0.39, 0.29) is 18.9 Å². The van der Waals surface area contributed by atoms with E-state index in [9.17, 15) is 9.59 Å². The number of hydrogen-bond donors (Lipinski definition) is 2. The van der Waals surface area contributed by atoms with Crippen LogP contribution in [0.25, 0.3) is 10.9 Å². The Balaban J connectivity index is 2.34. The molecule has 0 spiro atoms. The minimum absolute atomic E-state index is 0.110. The number of amides is 1. The molecular formula is C20H28N2O5. The first-order valence-electron chi connectivity index (χ1n) is 8.84. The number of carbonyl (C=O) groups is 2. The lowest BCUT2D eigenvalue weighted by molar-refractivity contribution is -0.139. The van der Waals surface area contributed by atoms with Crippen LogP contribution >= 0.6 is 0 Å². The van der Waals surface area contributed by atoms with E-state index in [0.717, 1.165) is 28.7 Å². The van der Waals surface area contributed by atoms with Gasteiger partial charge in [-0.2, -0.15) is 0 Å². The molecule has 7 nitrogen and oxygen atoms in total. The van der Waals surface area contributed by atoms with Crippen LogP contribution in [-0.2, 0) is 20.8 Å². The molecule has 1 heterocycles. The van der Waals surface area contributed by atoms with Crippen molar-refractivity contribution in [1.29, 1.82) is 0 Å². The Morgan fingerprint density at radius 1 is 1.22 bits per heavy atom. The Morgan fingerprint density at radius 3 is 2.52 bits per heavy atom. The van der Waals surface area contributed by atoms with Crippen LogP contribution in [0.15, 0.2) is 18.2 Å². The van der Waals surface area contributed by atoms with Gasteiger partial charge in [0.25, 0.3) is 5.91 Å². The average Bonchev–Trinajstić information content (AvgIpc) is 2.83. The first kappa shape index (κ1) is 20.9. The van der Waals surface area contributed by atoms with Crippen LogP contribution in [0.2, 0.25) is 0 Å². The molecule has 148 valence electrons. The minimum Gasteiger partial charge on any atom is -0.481 e. The maximum atomic E-state index is 12.7. The summed E-state index contributed by atoms with van der Waals surface area (Å²) in [6, 6.07) is 5.53. The second kappa shape index (κ2) is 8.54. The third kappa shape index (κ3) is 4.67. The summed E-state index contributed by atoms with van der Waals surface area (Å²) in [5, 5.41) is 12.9. The number of carboxylic acids is 1. The van der Waals surface area contributed by atoms with E-state index >= 15 is 0 Å². The minimum atomic E-state index is -0.994. The Morgan fingerprint density at radius 2 is 1.93 bits per heavy atom. The predicted molar refractivity (Wildman–Crippen MR) is 103 cm³/mol. The third-order valence-electron chi connectivity index (χ3n) is 4.84. The molecular weight excluding hydrogens is 348 g/mol. The number of hydrogen-bond acceptors (Lipinski definition) is 4. The number of fused-ring (bicyclic) bond motifs is 1. The van der Waals surface area contributed by atoms with Crippen LogP contribution in [0.5, 0.6) is 0 Å². The summed E-state index contributed by atoms with van der Waals surface area (Å²) in [7, 11) is 3.15. The maximum absolute atomic E-state index is 12.7. The van der Waals surface area contributed by atoms with Crippen LogP contribution in [0.4, 0.5) is 0 Å². The molecule has 27 heavy (non-hydrogen) atoms. The van der Waals surface area contributed by atoms with Gasteiger partial charge >= 0.3 is 5.97 Å². The highest BCUT2D eigenvalue weighted by Gasteiger charge is 2.30. The molecule has 1 unspecified atom stereocenters. The van der Waals surface area contributed by atoms with Gasteiger partial charge in [0.05, 0.1) is 25.2 Å². The zero-order valence-electron chi connectivity index (χ0n) is 16.6. The number of aromatic nitrogens is 1. The van der Waals surface area contributed by atoms with Crippen LogP contribution in [0, 0.1) is 13.8 Å². The topological polar surface area (TPSA) is 89.8 Å². The van der Waals surface area contributed by atoms with Crippen LogP contribution in [0.1, 0.15) is 35.0 Å². The fraction of sp³-hybridized carbons (Fsp3) is 0.500. The first-order chi connectivity index (χ1) is 12.7. The SMILES string of the molecule is COCCn1c(C)c(C)c2cc(C(=O)NC(C)(COC)CC(=O)O)ccc21. The lowest BCUT2D eigenvalue weighted by atomic mass is 9.98. The molecule has 0 aliphatic rings. The molecule has 0 bridgehead atoms. The second-order valence-corrected chi connectivity index (χ2v) is 7.11. The Bertz CT molecular complexity index is 842. The molecule has 1 aromatic carbocycles. The highest BCUT2D eigenvalue weighted by molar-refractivity contribution is 5.99. The number of nitrogens with zero attached hydrogens (tertiary/aromatic N) is 1. The summed E-state index contributed by atoms with van der Waals surface area (Å²) in [5.74, 6) is -1.31. The normalized spacial score (nSPS) is 13.5. The zero-order valence-corrected chi connectivity index (χ0v) is 16.6. The molecule has 1 aromatic heterocycles. The van der Waals surface area contributed by atoms with E-state index in [4.69, 9.17) is 14.6 Å². The summed E-state index contributed by atoms with van der Waals surface area (Å²) in [6.45, 7) is 7.20. The number of aryl methyl sites for hydroxylation is 1. The van der Waals surface area contributed by atoms with E-state index in [0.29, 0.717) is 12.2 Å². The summed E-state index contributed by atoms with van der Waals surface area (Å²) in [5.41, 5.74) is 2.80. The Labute approximate surface area is 159 Å². The lowest BCUT2D eigenvalue weighted by Crippen LogP contribution is -2.50. The van der Waals surface area contributed by atoms with Crippen molar-refractivity contribution in [1.82, 2.24) is 9.88 Å². The summed E-state index contributed by atoms with van der Waals surface area (Å²) < 4.78 is 12.5. The van der Waals surface area contributed by atoms with Gasteiger partial charge in [-0.1, -0.05) is 0 Å². The smallest absolute Gasteiger partial charge is 0.305 e. The van der Waals surface area contributed by atoms with Crippen molar-refractivity contribution in [3.8, 4) is 0 Å². The van der Waals surface area contributed by atoms with E-state index in [2.05, 4.69) is 9.88 Å². The van der Waals surface area contributed by atoms with E-state index in [1.807, 2.05) is 26.0 Å². The first-order valence-corrected chi connectivity index (χ1v) is 8.84. The largest absolute Gasteiger partial charge is 0.481 e. The molecule has 2 N–H and O–H groups in total. The quantitative estimate of drug-likeness (QED) is 0.702. The predicted octanol–water partition coefficient (Wildman–Crippen LogP) is 2.51. The van der Waals surface area contributed by atoms with Crippen LogP contribution in [0.3, 0.4) is 0 Å². The number of nitrogens with one attached hydrogen (secondary N) is 1. The van der Waals surface area contributed by atoms with Crippen molar-refractivity contribution in [2.24, 2.45) is 0 Å². The number of ether oxygens (including phenoxy) is 2. The van der Waals surface area contributed by atoms with Crippen molar-refractivity contribution in [3.05, 3.63) is 35.0 Å². The van der Waals surface area contributed by atoms with Crippen LogP contribution < -0.4 is 5.32 Å². The summed E-state index contributed by atoms with van der Waals surface area (Å²) in [4.78, 5) is 23.9. The van der Waals surface area contributed by atoms with Gasteiger partial charge in [-0.3, -0.25) is 9.59 Å². The fourth-order valence-corrected chi connectivity index (χ4v) is 3.39. The maximum Gasteiger partial charge on any atom is 0.305 e. The molecule has 0 saturated heterocycles. The van der Waals surface area contributed by atoms with Gasteiger partial charge in [-0.25, -0.2) is 0 Å². The molecule has 1 atom stereocenters. The van der Waals surface area contributed by atoms with Gasteiger partial charge in [-0.15, -0.1) is 0 Å². The summed E-state index contributed by atoms with van der Waals surface area (Å²) >= 11 is 0. The summed E-state index contributed by atoms with van der Waals surface area (Å²) in [6.07, 6.45) is -0.222. The van der Waals surface area contributed by atoms with Crippen molar-refractivity contribution in [2.45, 2.75) is 39.3 Å². The molecule has 0 aliphatic heterocycles. The van der Waals surface area contributed by atoms with E-state index in [1.54, 1.807) is 20.1 Å². The number of methoxy groups -OCH3 is 2. The molecule has 1 amide bonds. The second-order valence-electron chi connectivity index (χ2n) is 7.11. The molecule has 2 rings (SSSR count). The number of carboxylic acid groups (broad SMARTS) is 1. The van der Waals surface area contributed by atoms with Gasteiger partial charge in [0, 0.05) is 42.9 Å². The van der Waals surface area contributed by atoms with Crippen molar-refractivity contribution in [2.75, 3.05) is 27.4 Å². The van der Waals surface area contributed by atoms with Crippen molar-refractivity contribution < 1.29 is 24.2 Å². The lowest BCUT2D eigenvalue weighted by Gasteiger charge is -2.28. The fourth-order valence-electron chi connectivity index (χ4n) is 3.39. The Kier molecular flexibility index (Phi) is 6.62. The molecule has 7 heteroatoms. The van der Waals surface area contributed by atoms with Crippen LogP contribution in [-0.4, -0.2) is 54.5 Å². The van der Waals surface area contributed by atoms with Gasteiger partial charge in [-0.05, 0) is 44.5 Å². The average molecular weight is 376 g/mol. The standard InChI is InChI=1S/C20H28N2O5/c1-13-14(2)22(8-9-26-4)17-7-6-15(10-16(13)17)19(25)21-20(3,12-27-5)11-18(23)24/h6-7,10H,8-9,11-12H2,1-5H3,(H,21,25)(H,23,24). The van der Waals surface area contributed by atoms with Gasteiger partial charge in [0.2, 0.25) is 0 Å². The number of aliphatic carboxylic acids is 1. The number of rotatable bonds is 9. The number of carbonyl (C=O) groups excluding carboxylic acids is 1.